The molecule has 0 aliphatic heterocycles. The molecule has 1 aromatic heterocycles. The first-order chi connectivity index (χ1) is 9.10. The van der Waals surface area contributed by atoms with E-state index in [4.69, 9.17) is 17.3 Å². The maximum atomic E-state index is 12.7. The third kappa shape index (κ3) is 3.27. The molecule has 2 aromatic rings. The van der Waals surface area contributed by atoms with Crippen LogP contribution < -0.4 is 5.32 Å². The van der Waals surface area contributed by atoms with Gasteiger partial charge in [-0.2, -0.15) is 0 Å². The largest absolute Gasteiger partial charge is 0.390 e. The fourth-order valence-electron chi connectivity index (χ4n) is 1.61. The minimum Gasteiger partial charge on any atom is -0.390 e. The van der Waals surface area contributed by atoms with E-state index in [9.17, 15) is 9.18 Å². The zero-order valence-electron chi connectivity index (χ0n) is 9.89. The first kappa shape index (κ1) is 13.4. The van der Waals surface area contributed by atoms with Crippen molar-refractivity contribution in [3.63, 3.8) is 0 Å². The molecule has 1 heterocycles. The van der Waals surface area contributed by atoms with E-state index in [1.54, 1.807) is 6.20 Å². The van der Waals surface area contributed by atoms with Gasteiger partial charge >= 0.3 is 0 Å². The smallest absolute Gasteiger partial charge is 0.244 e. The Kier molecular flexibility index (Phi) is 4.08. The summed E-state index contributed by atoms with van der Waals surface area (Å²) < 4.78 is 14.6. The molecule has 0 fully saturated rings. The van der Waals surface area contributed by atoms with Crippen LogP contribution >= 0.6 is 12.2 Å². The predicted octanol–water partition coefficient (Wildman–Crippen LogP) is 1.82. The molecule has 19 heavy (non-hydrogen) atoms. The normalized spacial score (nSPS) is 10.4. The minimum absolute atomic E-state index is 0.0183. The molecule has 0 aliphatic rings. The lowest BCUT2D eigenvalue weighted by atomic mass is 10.3. The van der Waals surface area contributed by atoms with E-state index in [1.165, 1.54) is 28.8 Å². The fourth-order valence-corrected chi connectivity index (χ4v) is 1.85. The number of aliphatic hydroxyl groups is 1. The summed E-state index contributed by atoms with van der Waals surface area (Å²) in [7, 11) is 0. The molecule has 0 atom stereocenters. The van der Waals surface area contributed by atoms with Gasteiger partial charge < -0.3 is 20.0 Å². The van der Waals surface area contributed by atoms with Crippen molar-refractivity contribution in [3.05, 3.63) is 46.7 Å². The Morgan fingerprint density at radius 2 is 2.11 bits per heavy atom. The molecule has 100 valence electrons. The van der Waals surface area contributed by atoms with Crippen LogP contribution in [0.5, 0.6) is 0 Å². The standard InChI is InChI=1S/C12H12FN3O2S/c13-8-1-3-9(4-2-8)15-11(18)6-16-10(7-17)5-14-12(16)19/h1-5,17H,6-7H2,(H,14,19)(H,15,18). The fraction of sp³-hybridized carbons (Fsp3) is 0.167. The van der Waals surface area contributed by atoms with Crippen LogP contribution in [0.2, 0.25) is 0 Å². The Hall–Kier alpha value is -1.99. The van der Waals surface area contributed by atoms with Gasteiger partial charge in [0.15, 0.2) is 4.77 Å². The number of halogens is 1. The Bertz CT molecular complexity index is 633. The summed E-state index contributed by atoms with van der Waals surface area (Å²) in [5.74, 6) is -0.676. The molecule has 0 bridgehead atoms. The van der Waals surface area contributed by atoms with Crippen molar-refractivity contribution in [2.24, 2.45) is 0 Å². The Labute approximate surface area is 113 Å². The van der Waals surface area contributed by atoms with Crippen LogP contribution in [0, 0.1) is 10.6 Å². The number of hydrogen-bond donors (Lipinski definition) is 3. The number of aromatic nitrogens is 2. The van der Waals surface area contributed by atoms with Crippen molar-refractivity contribution < 1.29 is 14.3 Å². The number of benzene rings is 1. The zero-order chi connectivity index (χ0) is 13.8. The molecule has 2 rings (SSSR count). The average molecular weight is 281 g/mol. The topological polar surface area (TPSA) is 70.0 Å². The maximum Gasteiger partial charge on any atom is 0.244 e. The summed E-state index contributed by atoms with van der Waals surface area (Å²) >= 11 is 5.01. The SMILES string of the molecule is O=C(Cn1c(CO)c[nH]c1=S)Nc1ccc(F)cc1. The van der Waals surface area contributed by atoms with Gasteiger partial charge in [-0.1, -0.05) is 0 Å². The van der Waals surface area contributed by atoms with E-state index >= 15 is 0 Å². The lowest BCUT2D eigenvalue weighted by Crippen LogP contribution is -2.20. The quantitative estimate of drug-likeness (QED) is 0.749. The second-order valence-electron chi connectivity index (χ2n) is 3.88. The highest BCUT2D eigenvalue weighted by atomic mass is 32.1. The summed E-state index contributed by atoms with van der Waals surface area (Å²) in [6, 6.07) is 5.46. The van der Waals surface area contributed by atoms with Crippen LogP contribution in [0.25, 0.3) is 0 Å². The van der Waals surface area contributed by atoms with Gasteiger partial charge in [-0.3, -0.25) is 4.79 Å². The molecule has 1 amide bonds. The molecule has 0 radical (unpaired) electrons. The molecule has 0 unspecified atom stereocenters. The highest BCUT2D eigenvalue weighted by molar-refractivity contribution is 7.71. The number of rotatable bonds is 4. The third-order valence-electron chi connectivity index (χ3n) is 2.55. The van der Waals surface area contributed by atoms with Crippen LogP contribution in [-0.2, 0) is 17.9 Å². The molecular weight excluding hydrogens is 269 g/mol. The van der Waals surface area contributed by atoms with Gasteiger partial charge in [0.1, 0.15) is 12.4 Å². The number of nitrogens with one attached hydrogen (secondary N) is 2. The van der Waals surface area contributed by atoms with Crippen molar-refractivity contribution in [2.75, 3.05) is 5.32 Å². The zero-order valence-corrected chi connectivity index (χ0v) is 10.7. The van der Waals surface area contributed by atoms with Gasteiger partial charge in [0.05, 0.1) is 12.3 Å². The van der Waals surface area contributed by atoms with Crippen LogP contribution in [0.4, 0.5) is 10.1 Å². The van der Waals surface area contributed by atoms with Crippen molar-refractivity contribution >= 4 is 23.8 Å². The summed E-state index contributed by atoms with van der Waals surface area (Å²) in [4.78, 5) is 14.6. The Morgan fingerprint density at radius 3 is 2.74 bits per heavy atom. The molecule has 7 heteroatoms. The predicted molar refractivity (Wildman–Crippen MR) is 70.6 cm³/mol. The van der Waals surface area contributed by atoms with Gasteiger partial charge in [0, 0.05) is 11.9 Å². The molecular formula is C12H12FN3O2S. The highest BCUT2D eigenvalue weighted by Crippen LogP contribution is 2.09. The summed E-state index contributed by atoms with van der Waals surface area (Å²) in [6.07, 6.45) is 1.55. The number of aliphatic hydroxyl groups excluding tert-OH is 1. The lowest BCUT2D eigenvalue weighted by molar-refractivity contribution is -0.116. The van der Waals surface area contributed by atoms with E-state index in [-0.39, 0.29) is 24.9 Å². The molecule has 0 aliphatic carbocycles. The number of anilines is 1. The summed E-state index contributed by atoms with van der Waals surface area (Å²) in [5, 5.41) is 11.7. The van der Waals surface area contributed by atoms with Crippen LogP contribution in [0.15, 0.2) is 30.5 Å². The van der Waals surface area contributed by atoms with Crippen LogP contribution in [0.3, 0.4) is 0 Å². The number of carbonyl (C=O) groups is 1. The molecule has 1 aromatic carbocycles. The Balaban J connectivity index is 2.07. The van der Waals surface area contributed by atoms with E-state index in [0.29, 0.717) is 16.2 Å². The van der Waals surface area contributed by atoms with Gasteiger partial charge in [0.25, 0.3) is 0 Å². The number of hydrogen-bond acceptors (Lipinski definition) is 3. The van der Waals surface area contributed by atoms with Gasteiger partial charge in [-0.25, -0.2) is 4.39 Å². The van der Waals surface area contributed by atoms with Gasteiger partial charge in [-0.05, 0) is 36.5 Å². The molecule has 0 spiro atoms. The van der Waals surface area contributed by atoms with Crippen molar-refractivity contribution in [3.8, 4) is 0 Å². The van der Waals surface area contributed by atoms with Crippen molar-refractivity contribution in [2.45, 2.75) is 13.2 Å². The second-order valence-corrected chi connectivity index (χ2v) is 4.27. The monoisotopic (exact) mass is 281 g/mol. The first-order valence-electron chi connectivity index (χ1n) is 5.53. The van der Waals surface area contributed by atoms with Gasteiger partial charge in [0.2, 0.25) is 5.91 Å². The number of aromatic amines is 1. The number of amides is 1. The maximum absolute atomic E-state index is 12.7. The van der Waals surface area contributed by atoms with E-state index < -0.39 is 0 Å². The second kappa shape index (κ2) is 5.77. The van der Waals surface area contributed by atoms with E-state index in [0.717, 1.165) is 0 Å². The minimum atomic E-state index is -0.367. The third-order valence-corrected chi connectivity index (χ3v) is 2.88. The number of H-pyrrole nitrogens is 1. The van der Waals surface area contributed by atoms with Crippen molar-refractivity contribution in [1.82, 2.24) is 9.55 Å². The summed E-state index contributed by atoms with van der Waals surface area (Å²) in [6.45, 7) is -0.230. The van der Waals surface area contributed by atoms with Crippen LogP contribution in [0.1, 0.15) is 5.69 Å². The van der Waals surface area contributed by atoms with Crippen molar-refractivity contribution in [1.29, 1.82) is 0 Å². The molecule has 5 nitrogen and oxygen atoms in total. The molecule has 0 saturated heterocycles. The molecule has 3 N–H and O–H groups in total. The Morgan fingerprint density at radius 1 is 1.42 bits per heavy atom. The van der Waals surface area contributed by atoms with Crippen LogP contribution in [-0.4, -0.2) is 20.6 Å². The van der Waals surface area contributed by atoms with Gasteiger partial charge in [-0.15, -0.1) is 0 Å². The average Bonchev–Trinajstić information content (AvgIpc) is 2.73. The highest BCUT2D eigenvalue weighted by Gasteiger charge is 2.08. The first-order valence-corrected chi connectivity index (χ1v) is 5.94. The number of carbonyl (C=O) groups excluding carboxylic acids is 1. The number of imidazole rings is 1. The summed E-state index contributed by atoms with van der Waals surface area (Å²) in [5.41, 5.74) is 1.03. The van der Waals surface area contributed by atoms with E-state index in [2.05, 4.69) is 10.3 Å². The number of nitrogens with zero attached hydrogens (tertiary/aromatic N) is 1. The van der Waals surface area contributed by atoms with E-state index in [1.807, 2.05) is 0 Å². The molecule has 0 saturated carbocycles. The lowest BCUT2D eigenvalue weighted by Gasteiger charge is -2.08.